The standard InChI is InChI=1S/C8H5FIO2Si/c9-7-5(8(11)12-4-13)2-1-3-6(7)10/h1-3H,4H2. The van der Waals surface area contributed by atoms with Gasteiger partial charge in [0.1, 0.15) is 0 Å². The predicted molar refractivity (Wildman–Crippen MR) is 55.2 cm³/mol. The van der Waals surface area contributed by atoms with Gasteiger partial charge in [-0.05, 0) is 34.7 Å². The van der Waals surface area contributed by atoms with Crippen LogP contribution in [0.4, 0.5) is 4.39 Å². The van der Waals surface area contributed by atoms with Gasteiger partial charge in [-0.1, -0.05) is 6.07 Å². The highest BCUT2D eigenvalue weighted by atomic mass is 127. The number of hydrogen-bond acceptors (Lipinski definition) is 2. The van der Waals surface area contributed by atoms with Crippen LogP contribution in [-0.2, 0) is 4.74 Å². The molecule has 0 saturated heterocycles. The SMILES string of the molecule is O=C(OC[Si])c1cccc(I)c1F. The van der Waals surface area contributed by atoms with Gasteiger partial charge in [0.15, 0.2) is 5.82 Å². The van der Waals surface area contributed by atoms with Gasteiger partial charge in [-0.3, -0.25) is 0 Å². The van der Waals surface area contributed by atoms with E-state index in [0.29, 0.717) is 3.57 Å². The number of hydrogen-bond donors (Lipinski definition) is 0. The smallest absolute Gasteiger partial charge is 0.340 e. The van der Waals surface area contributed by atoms with Crippen molar-refractivity contribution in [2.45, 2.75) is 0 Å². The highest BCUT2D eigenvalue weighted by molar-refractivity contribution is 14.1. The van der Waals surface area contributed by atoms with Crippen molar-refractivity contribution >= 4 is 38.8 Å². The summed E-state index contributed by atoms with van der Waals surface area (Å²) in [4.78, 5) is 11.1. The van der Waals surface area contributed by atoms with Gasteiger partial charge in [-0.2, -0.15) is 0 Å². The molecule has 0 bridgehead atoms. The van der Waals surface area contributed by atoms with E-state index in [1.54, 1.807) is 12.1 Å². The fraction of sp³-hybridized carbons (Fsp3) is 0.125. The zero-order chi connectivity index (χ0) is 9.84. The summed E-state index contributed by atoms with van der Waals surface area (Å²) in [5.74, 6) is -1.20. The van der Waals surface area contributed by atoms with Crippen molar-refractivity contribution in [2.24, 2.45) is 0 Å². The number of ether oxygens (including phenoxy) is 1. The summed E-state index contributed by atoms with van der Waals surface area (Å²) < 4.78 is 18.2. The third kappa shape index (κ3) is 2.50. The van der Waals surface area contributed by atoms with Crippen LogP contribution in [0, 0.1) is 9.39 Å². The van der Waals surface area contributed by atoms with Gasteiger partial charge in [-0.15, -0.1) is 0 Å². The number of esters is 1. The topological polar surface area (TPSA) is 26.3 Å². The largest absolute Gasteiger partial charge is 0.467 e. The lowest BCUT2D eigenvalue weighted by Crippen LogP contribution is -2.09. The molecule has 0 heterocycles. The molecule has 0 unspecified atom stereocenters. The van der Waals surface area contributed by atoms with E-state index < -0.39 is 11.8 Å². The second-order valence-corrected chi connectivity index (χ2v) is 3.63. The Kier molecular flexibility index (Phi) is 3.85. The summed E-state index contributed by atoms with van der Waals surface area (Å²) in [6.45, 7) is 0. The molecule has 1 aromatic carbocycles. The Morgan fingerprint density at radius 1 is 1.62 bits per heavy atom. The molecule has 2 nitrogen and oxygen atoms in total. The summed E-state index contributed by atoms with van der Waals surface area (Å²) in [6.07, 6.45) is 0.0593. The summed E-state index contributed by atoms with van der Waals surface area (Å²) in [5, 5.41) is 0. The Balaban J connectivity index is 3.01. The van der Waals surface area contributed by atoms with E-state index in [2.05, 4.69) is 15.0 Å². The van der Waals surface area contributed by atoms with Crippen molar-refractivity contribution in [2.75, 3.05) is 6.23 Å². The highest BCUT2D eigenvalue weighted by Crippen LogP contribution is 2.15. The van der Waals surface area contributed by atoms with Gasteiger partial charge in [0.05, 0.1) is 22.0 Å². The van der Waals surface area contributed by atoms with Crippen LogP contribution in [0.15, 0.2) is 18.2 Å². The van der Waals surface area contributed by atoms with E-state index in [-0.39, 0.29) is 11.8 Å². The van der Waals surface area contributed by atoms with Gasteiger partial charge in [0, 0.05) is 3.57 Å². The molecule has 0 saturated carbocycles. The first-order valence-corrected chi connectivity index (χ1v) is 5.21. The first-order valence-electron chi connectivity index (χ1n) is 3.42. The molecule has 0 aliphatic carbocycles. The van der Waals surface area contributed by atoms with Crippen LogP contribution in [0.2, 0.25) is 0 Å². The molecule has 0 atom stereocenters. The van der Waals surface area contributed by atoms with Gasteiger partial charge < -0.3 is 4.74 Å². The van der Waals surface area contributed by atoms with Crippen molar-refractivity contribution in [3.63, 3.8) is 0 Å². The molecule has 0 aromatic heterocycles. The molecular formula is C8H5FIO2Si. The fourth-order valence-corrected chi connectivity index (χ4v) is 1.43. The van der Waals surface area contributed by atoms with Crippen molar-refractivity contribution in [1.29, 1.82) is 0 Å². The minimum Gasteiger partial charge on any atom is -0.467 e. The predicted octanol–water partition coefficient (Wildman–Crippen LogP) is 1.71. The highest BCUT2D eigenvalue weighted by Gasteiger charge is 2.13. The molecule has 0 fully saturated rings. The van der Waals surface area contributed by atoms with Crippen molar-refractivity contribution in [1.82, 2.24) is 0 Å². The number of carbonyl (C=O) groups is 1. The second-order valence-electron chi connectivity index (χ2n) is 2.18. The molecule has 1 rings (SSSR count). The van der Waals surface area contributed by atoms with E-state index in [1.165, 1.54) is 6.07 Å². The summed E-state index contributed by atoms with van der Waals surface area (Å²) in [7, 11) is 2.97. The van der Waals surface area contributed by atoms with Crippen molar-refractivity contribution in [3.05, 3.63) is 33.1 Å². The zero-order valence-electron chi connectivity index (χ0n) is 6.51. The van der Waals surface area contributed by atoms with Crippen molar-refractivity contribution in [3.8, 4) is 0 Å². The quantitative estimate of drug-likeness (QED) is 0.472. The first kappa shape index (κ1) is 10.6. The Bertz CT molecular complexity index is 330. The van der Waals surface area contributed by atoms with Crippen molar-refractivity contribution < 1.29 is 13.9 Å². The lowest BCUT2D eigenvalue weighted by atomic mass is 10.2. The average Bonchev–Trinajstić information content (AvgIpc) is 2.10. The third-order valence-electron chi connectivity index (χ3n) is 1.37. The molecule has 0 aliphatic heterocycles. The molecule has 67 valence electrons. The molecule has 0 N–H and O–H groups in total. The zero-order valence-corrected chi connectivity index (χ0v) is 9.67. The van der Waals surface area contributed by atoms with E-state index in [4.69, 9.17) is 0 Å². The number of carbonyl (C=O) groups excluding carboxylic acids is 1. The fourth-order valence-electron chi connectivity index (χ4n) is 0.805. The number of rotatable bonds is 2. The van der Waals surface area contributed by atoms with E-state index >= 15 is 0 Å². The molecule has 0 spiro atoms. The molecule has 0 amide bonds. The lowest BCUT2D eigenvalue weighted by Gasteiger charge is -2.03. The maximum Gasteiger partial charge on any atom is 0.340 e. The Morgan fingerprint density at radius 3 is 2.92 bits per heavy atom. The molecule has 13 heavy (non-hydrogen) atoms. The minimum absolute atomic E-state index is 0.0369. The Morgan fingerprint density at radius 2 is 2.31 bits per heavy atom. The summed E-state index contributed by atoms with van der Waals surface area (Å²) in [6, 6.07) is 4.58. The Labute approximate surface area is 92.0 Å². The number of halogens is 2. The molecule has 5 heteroatoms. The summed E-state index contributed by atoms with van der Waals surface area (Å²) >= 11 is 1.82. The van der Waals surface area contributed by atoms with Crippen LogP contribution in [0.3, 0.4) is 0 Å². The maximum absolute atomic E-state index is 13.3. The molecular weight excluding hydrogens is 302 g/mol. The van der Waals surface area contributed by atoms with Crippen LogP contribution in [0.25, 0.3) is 0 Å². The first-order chi connectivity index (χ1) is 6.16. The number of benzene rings is 1. The van der Waals surface area contributed by atoms with Crippen LogP contribution < -0.4 is 0 Å². The lowest BCUT2D eigenvalue weighted by molar-refractivity contribution is 0.0568. The average molecular weight is 307 g/mol. The third-order valence-corrected chi connectivity index (χ3v) is 2.35. The Hall–Kier alpha value is -0.433. The second kappa shape index (κ2) is 4.71. The summed E-state index contributed by atoms with van der Waals surface area (Å²) in [5.41, 5.74) is -0.0369. The van der Waals surface area contributed by atoms with Crippen LogP contribution in [-0.4, -0.2) is 22.4 Å². The van der Waals surface area contributed by atoms with Crippen LogP contribution in [0.1, 0.15) is 10.4 Å². The monoisotopic (exact) mass is 307 g/mol. The molecule has 1 aromatic rings. The minimum atomic E-state index is -0.661. The van der Waals surface area contributed by atoms with Gasteiger partial charge >= 0.3 is 5.97 Å². The van der Waals surface area contributed by atoms with E-state index in [1.807, 2.05) is 22.6 Å². The van der Waals surface area contributed by atoms with E-state index in [0.717, 1.165) is 0 Å². The van der Waals surface area contributed by atoms with Crippen LogP contribution >= 0.6 is 22.6 Å². The van der Waals surface area contributed by atoms with Gasteiger partial charge in [-0.25, -0.2) is 9.18 Å². The van der Waals surface area contributed by atoms with Gasteiger partial charge in [0.25, 0.3) is 0 Å². The maximum atomic E-state index is 13.3. The molecule has 3 radical (unpaired) electrons. The van der Waals surface area contributed by atoms with Crippen LogP contribution in [0.5, 0.6) is 0 Å². The van der Waals surface area contributed by atoms with Gasteiger partial charge in [0.2, 0.25) is 0 Å². The normalized spacial score (nSPS) is 9.77. The van der Waals surface area contributed by atoms with E-state index in [9.17, 15) is 9.18 Å². The molecule has 0 aliphatic rings.